The van der Waals surface area contributed by atoms with Crippen LogP contribution in [0.15, 0.2) is 60.7 Å². The van der Waals surface area contributed by atoms with Crippen molar-refractivity contribution in [3.8, 4) is 0 Å². The first-order valence-electron chi connectivity index (χ1n) is 16.0. The van der Waals surface area contributed by atoms with Crippen LogP contribution in [-0.2, 0) is 59.3 Å². The Morgan fingerprint density at radius 3 is 1.51 bits per heavy atom. The Hall–Kier alpha value is -1.88. The van der Waals surface area contributed by atoms with Gasteiger partial charge < -0.3 is 27.6 Å². The maximum absolute atomic E-state index is 12.7. The minimum atomic E-state index is -3.27. The number of carbonyl (C=O) groups excluding carboxylic acids is 2. The molecule has 0 heterocycles. The van der Waals surface area contributed by atoms with Gasteiger partial charge in [-0.1, -0.05) is 76.6 Å². The molecule has 0 N–H and O–H groups in total. The van der Waals surface area contributed by atoms with Crippen LogP contribution in [-0.4, -0.2) is 80.8 Å². The third-order valence-corrected chi connectivity index (χ3v) is 10.4. The molecule has 0 bridgehead atoms. The Bertz CT molecular complexity index is 1150. The number of ether oxygens (including phenoxy) is 2. The van der Waals surface area contributed by atoms with E-state index >= 15 is 0 Å². The zero-order valence-corrected chi connectivity index (χ0v) is 32.1. The van der Waals surface area contributed by atoms with E-state index in [1.54, 1.807) is 32.6 Å². The van der Waals surface area contributed by atoms with Crippen molar-refractivity contribution in [2.24, 2.45) is 0 Å². The van der Waals surface area contributed by atoms with E-state index in [4.69, 9.17) is 22.8 Å². The van der Waals surface area contributed by atoms with Gasteiger partial charge in [-0.15, -0.1) is 0 Å². The van der Waals surface area contributed by atoms with Crippen molar-refractivity contribution in [2.45, 2.75) is 60.9 Å². The first-order valence-corrected chi connectivity index (χ1v) is 20.5. The molecule has 2 aromatic carbocycles. The second-order valence-electron chi connectivity index (χ2n) is 9.56. The fourth-order valence-electron chi connectivity index (χ4n) is 4.02. The van der Waals surface area contributed by atoms with Gasteiger partial charge >= 0.3 is 27.1 Å². The maximum atomic E-state index is 12.7. The standard InChI is InChI=1S/C16H26NO5P.C13H21O3P.C4H7BrO2/c1-4-20-16(18)13-17(12-15-10-8-7-9-11-15)14-23(19,21-5-2)22-6-3;1-3-15-17(14,16-4-2)12-8-11-13-9-6-5-7-10-13;1-2-7-4(6)3-5/h7-11H,4-6,12-14H2,1-3H3;5-7,9-10H,3-4,8,11-12H2,1-2H3;2-3H2,1H3. The smallest absolute Gasteiger partial charge is 0.344 e. The first-order chi connectivity index (χ1) is 22.5. The molecule has 0 aromatic heterocycles. The molecule has 0 saturated carbocycles. The number of benzene rings is 2. The lowest BCUT2D eigenvalue weighted by Gasteiger charge is -2.26. The predicted octanol–water partition coefficient (Wildman–Crippen LogP) is 8.11. The molecule has 0 aliphatic rings. The van der Waals surface area contributed by atoms with Crippen molar-refractivity contribution in [3.63, 3.8) is 0 Å². The molecule has 47 heavy (non-hydrogen) atoms. The van der Waals surface area contributed by atoms with Crippen LogP contribution in [0.1, 0.15) is 59.1 Å². The third-order valence-electron chi connectivity index (χ3n) is 5.74. The number of hydrogen-bond acceptors (Lipinski definition) is 11. The Labute approximate surface area is 290 Å². The van der Waals surface area contributed by atoms with Gasteiger partial charge in [0.15, 0.2) is 0 Å². The lowest BCUT2D eigenvalue weighted by molar-refractivity contribution is -0.144. The number of alkyl halides is 1. The van der Waals surface area contributed by atoms with Gasteiger partial charge in [-0.3, -0.25) is 23.6 Å². The van der Waals surface area contributed by atoms with E-state index < -0.39 is 15.2 Å². The molecule has 0 atom stereocenters. The van der Waals surface area contributed by atoms with Gasteiger partial charge in [0.2, 0.25) is 0 Å². The number of hydrogen-bond donors (Lipinski definition) is 0. The summed E-state index contributed by atoms with van der Waals surface area (Å²) >= 11 is 2.94. The Kier molecular flexibility index (Phi) is 26.9. The summed E-state index contributed by atoms with van der Waals surface area (Å²) in [4.78, 5) is 23.7. The molecule has 2 aromatic rings. The van der Waals surface area contributed by atoms with Crippen LogP contribution < -0.4 is 0 Å². The van der Waals surface area contributed by atoms with Gasteiger partial charge in [-0.25, -0.2) is 0 Å². The summed E-state index contributed by atoms with van der Waals surface area (Å²) in [5, 5.41) is 0.292. The van der Waals surface area contributed by atoms with Gasteiger partial charge in [-0.05, 0) is 65.5 Å². The zero-order valence-electron chi connectivity index (χ0n) is 28.8. The molecule has 0 unspecified atom stereocenters. The molecule has 0 amide bonds. The number of aryl methyl sites for hydroxylation is 1. The molecule has 268 valence electrons. The van der Waals surface area contributed by atoms with E-state index in [9.17, 15) is 18.7 Å². The quantitative estimate of drug-likeness (QED) is 0.0695. The van der Waals surface area contributed by atoms with Gasteiger partial charge in [0.25, 0.3) is 0 Å². The molecule has 0 aliphatic carbocycles. The Morgan fingerprint density at radius 1 is 0.638 bits per heavy atom. The summed E-state index contributed by atoms with van der Waals surface area (Å²) in [6.45, 7) is 13.4. The fraction of sp³-hybridized carbons (Fsp3) is 0.576. The Balaban J connectivity index is 0.000000770. The third kappa shape index (κ3) is 23.2. The van der Waals surface area contributed by atoms with Crippen molar-refractivity contribution < 1.29 is 46.3 Å². The summed E-state index contributed by atoms with van der Waals surface area (Å²) < 4.78 is 55.5. The minimum absolute atomic E-state index is 0.0346. The van der Waals surface area contributed by atoms with Crippen LogP contribution in [0.25, 0.3) is 0 Å². The highest BCUT2D eigenvalue weighted by molar-refractivity contribution is 9.09. The van der Waals surface area contributed by atoms with E-state index in [0.717, 1.165) is 18.4 Å². The predicted molar refractivity (Wildman–Crippen MR) is 190 cm³/mol. The average molecular weight is 767 g/mol. The average Bonchev–Trinajstić information content (AvgIpc) is 3.03. The molecular weight excluding hydrogens is 712 g/mol. The van der Waals surface area contributed by atoms with Crippen LogP contribution in [0.3, 0.4) is 0 Å². The van der Waals surface area contributed by atoms with E-state index in [1.807, 2.05) is 62.4 Å². The summed E-state index contributed by atoms with van der Waals surface area (Å²) in [6, 6.07) is 19.8. The highest BCUT2D eigenvalue weighted by Gasteiger charge is 2.28. The normalized spacial score (nSPS) is 11.1. The molecule has 0 spiro atoms. The number of nitrogens with zero attached hydrogens (tertiary/aromatic N) is 1. The van der Waals surface area contributed by atoms with Crippen LogP contribution in [0, 0.1) is 0 Å². The van der Waals surface area contributed by atoms with Gasteiger partial charge in [0.05, 0.1) is 52.3 Å². The van der Waals surface area contributed by atoms with Crippen molar-refractivity contribution in [1.29, 1.82) is 0 Å². The summed E-state index contributed by atoms with van der Waals surface area (Å²) in [5.74, 6) is -0.564. The van der Waals surface area contributed by atoms with Crippen LogP contribution in [0.5, 0.6) is 0 Å². The Morgan fingerprint density at radius 2 is 1.09 bits per heavy atom. The van der Waals surface area contributed by atoms with Gasteiger partial charge in [0.1, 0.15) is 11.6 Å². The fourth-order valence-corrected chi connectivity index (χ4v) is 7.57. The van der Waals surface area contributed by atoms with E-state index in [1.165, 1.54) is 5.56 Å². The highest BCUT2D eigenvalue weighted by atomic mass is 79.9. The maximum Gasteiger partial charge on any atom is 0.344 e. The topological polar surface area (TPSA) is 127 Å². The summed E-state index contributed by atoms with van der Waals surface area (Å²) in [5.41, 5.74) is 2.27. The van der Waals surface area contributed by atoms with Crippen LogP contribution in [0.2, 0.25) is 0 Å². The van der Waals surface area contributed by atoms with Crippen molar-refractivity contribution in [1.82, 2.24) is 4.90 Å². The van der Waals surface area contributed by atoms with Gasteiger partial charge in [0, 0.05) is 6.54 Å². The minimum Gasteiger partial charge on any atom is -0.465 e. The van der Waals surface area contributed by atoms with E-state index in [0.29, 0.717) is 44.5 Å². The summed E-state index contributed by atoms with van der Waals surface area (Å²) in [6.07, 6.45) is 2.26. The molecule has 0 fully saturated rings. The second-order valence-corrected chi connectivity index (χ2v) is 14.3. The van der Waals surface area contributed by atoms with Crippen LogP contribution in [0.4, 0.5) is 0 Å². The first kappa shape index (κ1) is 45.1. The zero-order chi connectivity index (χ0) is 35.4. The van der Waals surface area contributed by atoms with Crippen molar-refractivity contribution in [3.05, 3.63) is 71.8 Å². The lowest BCUT2D eigenvalue weighted by Crippen LogP contribution is -2.32. The SMILES string of the molecule is CCOC(=O)CBr.CCOC(=O)CN(Cc1ccccc1)CP(=O)(OCC)OCC.CCOP(=O)(CCCc1ccccc1)OCC. The number of esters is 2. The van der Waals surface area contributed by atoms with Crippen molar-refractivity contribution >= 4 is 43.1 Å². The largest absolute Gasteiger partial charge is 0.465 e. The number of rotatable bonds is 21. The molecule has 11 nitrogen and oxygen atoms in total. The molecule has 14 heteroatoms. The summed E-state index contributed by atoms with van der Waals surface area (Å²) in [7, 11) is -6.13. The van der Waals surface area contributed by atoms with E-state index in [-0.39, 0.29) is 38.0 Å². The lowest BCUT2D eigenvalue weighted by atomic mass is 10.1. The highest BCUT2D eigenvalue weighted by Crippen LogP contribution is 2.49. The molecule has 0 aliphatic heterocycles. The molecule has 0 radical (unpaired) electrons. The number of carbonyl (C=O) groups is 2. The molecule has 2 rings (SSSR count). The van der Waals surface area contributed by atoms with Crippen LogP contribution >= 0.6 is 31.1 Å². The second kappa shape index (κ2) is 28.0. The van der Waals surface area contributed by atoms with Gasteiger partial charge in [-0.2, -0.15) is 0 Å². The van der Waals surface area contributed by atoms with E-state index in [2.05, 4.69) is 32.8 Å². The van der Waals surface area contributed by atoms with Crippen molar-refractivity contribution in [2.75, 3.05) is 64.0 Å². The number of halogens is 1. The molecular formula is C33H54BrNO10P2. The monoisotopic (exact) mass is 765 g/mol. The molecule has 0 saturated heterocycles.